The molecule has 1 aliphatic rings. The first-order chi connectivity index (χ1) is 19.4. The summed E-state index contributed by atoms with van der Waals surface area (Å²) in [5, 5.41) is 0.495. The molecule has 7 heteroatoms. The van der Waals surface area contributed by atoms with Gasteiger partial charge in [0.1, 0.15) is 17.9 Å². The van der Waals surface area contributed by atoms with Crippen molar-refractivity contribution in [2.75, 3.05) is 26.9 Å². The third-order valence-electron chi connectivity index (χ3n) is 7.15. The number of amides is 1. The van der Waals surface area contributed by atoms with Gasteiger partial charge in [0.05, 0.1) is 30.7 Å². The Morgan fingerprint density at radius 2 is 1.77 bits per heavy atom. The number of hydrogen-bond donors (Lipinski definition) is 0. The molecule has 1 aromatic heterocycles. The molecule has 1 amide bonds. The van der Waals surface area contributed by atoms with Crippen LogP contribution < -0.4 is 19.6 Å². The van der Waals surface area contributed by atoms with Crippen molar-refractivity contribution >= 4 is 16.9 Å². The predicted octanol–water partition coefficient (Wildman–Crippen LogP) is 6.17. The molecule has 2 heterocycles. The Kier molecular flexibility index (Phi) is 7.65. The topological polar surface area (TPSA) is 78.2 Å². The molecule has 5 rings (SSSR count). The van der Waals surface area contributed by atoms with Crippen LogP contribution in [0, 0.1) is 13.8 Å². The van der Waals surface area contributed by atoms with E-state index in [4.69, 9.17) is 18.6 Å². The number of methoxy groups -OCH3 is 1. The maximum atomic E-state index is 14.1. The molecule has 0 saturated carbocycles. The van der Waals surface area contributed by atoms with Crippen LogP contribution in [0.15, 0.2) is 76.5 Å². The number of carbonyl (C=O) groups excluding carboxylic acids is 1. The van der Waals surface area contributed by atoms with Gasteiger partial charge in [-0.05, 0) is 79.8 Å². The van der Waals surface area contributed by atoms with Crippen LogP contribution in [0.2, 0.25) is 0 Å². The van der Waals surface area contributed by atoms with E-state index in [9.17, 15) is 9.59 Å². The van der Waals surface area contributed by atoms with E-state index in [1.54, 1.807) is 18.1 Å². The number of aryl methyl sites for hydroxylation is 2. The fourth-order valence-corrected chi connectivity index (χ4v) is 5.36. The molecule has 0 N–H and O–H groups in total. The summed E-state index contributed by atoms with van der Waals surface area (Å²) in [5.74, 6) is 1.65. The molecule has 3 aromatic carbocycles. The minimum absolute atomic E-state index is 0.0900. The first kappa shape index (κ1) is 27.1. The minimum atomic E-state index is -0.644. The molecule has 1 aliphatic heterocycles. The molecule has 7 nitrogen and oxygen atoms in total. The van der Waals surface area contributed by atoms with Crippen molar-refractivity contribution in [3.05, 3.63) is 111 Å². The van der Waals surface area contributed by atoms with Gasteiger partial charge < -0.3 is 23.5 Å². The van der Waals surface area contributed by atoms with E-state index < -0.39 is 6.04 Å². The van der Waals surface area contributed by atoms with Crippen molar-refractivity contribution < 1.29 is 23.4 Å². The van der Waals surface area contributed by atoms with E-state index in [1.807, 2.05) is 75.4 Å². The Morgan fingerprint density at radius 3 is 2.48 bits per heavy atom. The van der Waals surface area contributed by atoms with Crippen LogP contribution in [0.5, 0.6) is 17.2 Å². The van der Waals surface area contributed by atoms with Crippen molar-refractivity contribution in [2.24, 2.45) is 0 Å². The number of ether oxygens (including phenoxy) is 3. The standard InChI is InChI=1S/C33H33NO6/c1-6-16-39-25-13-10-23(19-26(25)38-7-2)30-29-31(35)28-21(4)17-20(3)18-27(28)40-32(29)33(36)34(30)15-14-22-8-11-24(37-5)12-9-22/h6,8-13,17-19,30H,1,7,14-16H2,2-5H3. The summed E-state index contributed by atoms with van der Waals surface area (Å²) in [6.45, 7) is 10.6. The zero-order chi connectivity index (χ0) is 28.4. The molecule has 0 fully saturated rings. The zero-order valence-corrected chi connectivity index (χ0v) is 23.3. The summed E-state index contributed by atoms with van der Waals surface area (Å²) in [4.78, 5) is 29.7. The average molecular weight is 540 g/mol. The molecule has 0 aliphatic carbocycles. The van der Waals surface area contributed by atoms with Crippen LogP contribution in [-0.4, -0.2) is 37.7 Å². The molecule has 40 heavy (non-hydrogen) atoms. The van der Waals surface area contributed by atoms with Crippen molar-refractivity contribution in [1.82, 2.24) is 4.90 Å². The Balaban J connectivity index is 1.64. The number of rotatable bonds is 10. The molecule has 4 aromatic rings. The summed E-state index contributed by atoms with van der Waals surface area (Å²) in [6.07, 6.45) is 2.25. The van der Waals surface area contributed by atoms with E-state index in [1.165, 1.54) is 0 Å². The lowest BCUT2D eigenvalue weighted by Gasteiger charge is -2.26. The predicted molar refractivity (Wildman–Crippen MR) is 155 cm³/mol. The maximum absolute atomic E-state index is 14.1. The molecular weight excluding hydrogens is 506 g/mol. The van der Waals surface area contributed by atoms with Crippen molar-refractivity contribution in [1.29, 1.82) is 0 Å². The van der Waals surface area contributed by atoms with Crippen molar-refractivity contribution in [3.8, 4) is 17.2 Å². The molecule has 0 bridgehead atoms. The quantitative estimate of drug-likeness (QED) is 0.224. The van der Waals surface area contributed by atoms with Gasteiger partial charge in [-0.15, -0.1) is 0 Å². The summed E-state index contributed by atoms with van der Waals surface area (Å²) in [7, 11) is 1.63. The fraction of sp³-hybridized carbons (Fsp3) is 0.273. The van der Waals surface area contributed by atoms with Crippen LogP contribution in [0.3, 0.4) is 0 Å². The van der Waals surface area contributed by atoms with Crippen LogP contribution in [0.25, 0.3) is 11.0 Å². The number of benzene rings is 3. The number of fused-ring (bicyclic) bond motifs is 2. The smallest absolute Gasteiger partial charge is 0.290 e. The van der Waals surface area contributed by atoms with Crippen LogP contribution in [-0.2, 0) is 6.42 Å². The van der Waals surface area contributed by atoms with Gasteiger partial charge in [-0.2, -0.15) is 0 Å². The monoisotopic (exact) mass is 539 g/mol. The number of hydrogen-bond acceptors (Lipinski definition) is 6. The molecule has 206 valence electrons. The number of carbonyl (C=O) groups is 1. The highest BCUT2D eigenvalue weighted by Crippen LogP contribution is 2.41. The van der Waals surface area contributed by atoms with E-state index in [0.717, 1.165) is 28.0 Å². The van der Waals surface area contributed by atoms with E-state index in [2.05, 4.69) is 6.58 Å². The Labute approximate surface area is 233 Å². The summed E-state index contributed by atoms with van der Waals surface area (Å²) >= 11 is 0. The SMILES string of the molecule is C=CCOc1ccc(C2c3c(oc4cc(C)cc(C)c4c3=O)C(=O)N2CCc2ccc(OC)cc2)cc1OCC. The third-order valence-corrected chi connectivity index (χ3v) is 7.15. The molecule has 0 saturated heterocycles. The second kappa shape index (κ2) is 11.3. The van der Waals surface area contributed by atoms with Gasteiger partial charge >= 0.3 is 0 Å². The lowest BCUT2D eigenvalue weighted by atomic mass is 9.96. The van der Waals surface area contributed by atoms with Crippen LogP contribution in [0.4, 0.5) is 0 Å². The molecule has 1 unspecified atom stereocenters. The maximum Gasteiger partial charge on any atom is 0.290 e. The molecular formula is C33H33NO6. The lowest BCUT2D eigenvalue weighted by Crippen LogP contribution is -2.31. The first-order valence-electron chi connectivity index (χ1n) is 13.4. The van der Waals surface area contributed by atoms with Crippen molar-refractivity contribution in [2.45, 2.75) is 33.2 Å². The Hall–Kier alpha value is -4.52. The zero-order valence-electron chi connectivity index (χ0n) is 23.3. The largest absolute Gasteiger partial charge is 0.497 e. The van der Waals surface area contributed by atoms with E-state index in [0.29, 0.717) is 54.2 Å². The van der Waals surface area contributed by atoms with Crippen LogP contribution >= 0.6 is 0 Å². The van der Waals surface area contributed by atoms with Gasteiger partial charge in [-0.25, -0.2) is 0 Å². The summed E-state index contributed by atoms with van der Waals surface area (Å²) in [6, 6.07) is 16.4. The van der Waals surface area contributed by atoms with Gasteiger partial charge in [0.15, 0.2) is 16.9 Å². The highest BCUT2D eigenvalue weighted by molar-refractivity contribution is 5.99. The van der Waals surface area contributed by atoms with E-state index >= 15 is 0 Å². The second-order valence-electron chi connectivity index (χ2n) is 9.87. The van der Waals surface area contributed by atoms with Gasteiger partial charge in [0.2, 0.25) is 5.76 Å². The normalized spacial score (nSPS) is 14.3. The average Bonchev–Trinajstić information content (AvgIpc) is 3.22. The molecule has 1 atom stereocenters. The van der Waals surface area contributed by atoms with Gasteiger partial charge in [0.25, 0.3) is 5.91 Å². The molecule has 0 spiro atoms. The highest BCUT2D eigenvalue weighted by atomic mass is 16.5. The first-order valence-corrected chi connectivity index (χ1v) is 13.4. The second-order valence-corrected chi connectivity index (χ2v) is 9.87. The Morgan fingerprint density at radius 1 is 1.00 bits per heavy atom. The van der Waals surface area contributed by atoms with Gasteiger partial charge in [-0.1, -0.05) is 36.9 Å². The fourth-order valence-electron chi connectivity index (χ4n) is 5.36. The summed E-state index contributed by atoms with van der Waals surface area (Å²) in [5.41, 5.74) is 4.15. The van der Waals surface area contributed by atoms with Crippen molar-refractivity contribution in [3.63, 3.8) is 0 Å². The molecule has 0 radical (unpaired) electrons. The third kappa shape index (κ3) is 4.95. The number of nitrogens with zero attached hydrogens (tertiary/aromatic N) is 1. The minimum Gasteiger partial charge on any atom is -0.497 e. The highest BCUT2D eigenvalue weighted by Gasteiger charge is 2.43. The van der Waals surface area contributed by atoms with Crippen LogP contribution in [0.1, 0.15) is 51.3 Å². The Bertz CT molecular complexity index is 1640. The van der Waals surface area contributed by atoms with E-state index in [-0.39, 0.29) is 17.1 Å². The van der Waals surface area contributed by atoms with Gasteiger partial charge in [-0.3, -0.25) is 9.59 Å². The summed E-state index contributed by atoms with van der Waals surface area (Å²) < 4.78 is 23.2. The lowest BCUT2D eigenvalue weighted by molar-refractivity contribution is 0.0729. The van der Waals surface area contributed by atoms with Gasteiger partial charge in [0, 0.05) is 6.54 Å².